The third-order valence-corrected chi connectivity index (χ3v) is 3.19. The van der Waals surface area contributed by atoms with E-state index in [0.717, 1.165) is 19.3 Å². The number of hydrogen-bond donors (Lipinski definition) is 1. The first-order valence-corrected chi connectivity index (χ1v) is 4.82. The SMILES string of the molecule is CS(=O)C1CCC(O)C1. The minimum atomic E-state index is -0.722. The summed E-state index contributed by atoms with van der Waals surface area (Å²) < 4.78 is 10.8. The van der Waals surface area contributed by atoms with Gasteiger partial charge in [-0.1, -0.05) is 0 Å². The molecule has 0 heterocycles. The lowest BCUT2D eigenvalue weighted by Gasteiger charge is -2.02. The molecule has 0 saturated heterocycles. The zero-order valence-electron chi connectivity index (χ0n) is 5.54. The molecule has 3 unspecified atom stereocenters. The second-order valence-corrected chi connectivity index (χ2v) is 4.25. The van der Waals surface area contributed by atoms with Crippen LogP contribution in [0.2, 0.25) is 0 Å². The van der Waals surface area contributed by atoms with E-state index >= 15 is 0 Å². The Kier molecular flexibility index (Phi) is 2.24. The highest BCUT2D eigenvalue weighted by atomic mass is 32.2. The molecule has 0 aromatic heterocycles. The van der Waals surface area contributed by atoms with E-state index in [-0.39, 0.29) is 11.4 Å². The van der Waals surface area contributed by atoms with Crippen LogP contribution in [0.5, 0.6) is 0 Å². The Morgan fingerprint density at radius 2 is 2.22 bits per heavy atom. The van der Waals surface area contributed by atoms with E-state index in [1.807, 2.05) is 0 Å². The predicted molar refractivity (Wildman–Crippen MR) is 37.7 cm³/mol. The smallest absolute Gasteiger partial charge is 0.0552 e. The van der Waals surface area contributed by atoms with Crippen molar-refractivity contribution in [2.75, 3.05) is 6.26 Å². The molecule has 1 rings (SSSR count). The van der Waals surface area contributed by atoms with Crippen LogP contribution in [0.4, 0.5) is 0 Å². The number of rotatable bonds is 1. The van der Waals surface area contributed by atoms with Crippen LogP contribution in [0.15, 0.2) is 0 Å². The fourth-order valence-corrected chi connectivity index (χ4v) is 2.18. The molecule has 3 heteroatoms. The third-order valence-electron chi connectivity index (χ3n) is 1.83. The van der Waals surface area contributed by atoms with E-state index in [1.54, 1.807) is 6.26 Å². The summed E-state index contributed by atoms with van der Waals surface area (Å²) in [7, 11) is -0.722. The molecule has 1 saturated carbocycles. The van der Waals surface area contributed by atoms with Gasteiger partial charge in [0.05, 0.1) is 6.10 Å². The maximum Gasteiger partial charge on any atom is 0.0552 e. The molecule has 0 aliphatic heterocycles. The lowest BCUT2D eigenvalue weighted by Crippen LogP contribution is -2.10. The molecule has 0 spiro atoms. The molecule has 1 N–H and O–H groups in total. The van der Waals surface area contributed by atoms with E-state index in [2.05, 4.69) is 0 Å². The van der Waals surface area contributed by atoms with Crippen LogP contribution in [0.25, 0.3) is 0 Å². The van der Waals surface area contributed by atoms with Gasteiger partial charge in [-0.3, -0.25) is 4.21 Å². The maximum atomic E-state index is 10.8. The van der Waals surface area contributed by atoms with Gasteiger partial charge in [0, 0.05) is 22.3 Å². The zero-order valence-corrected chi connectivity index (χ0v) is 6.36. The van der Waals surface area contributed by atoms with Gasteiger partial charge in [-0.15, -0.1) is 0 Å². The molecular formula is C6H12O2S. The van der Waals surface area contributed by atoms with Crippen LogP contribution in [0, 0.1) is 0 Å². The first-order valence-electron chi connectivity index (χ1n) is 3.20. The molecule has 0 radical (unpaired) electrons. The van der Waals surface area contributed by atoms with Gasteiger partial charge >= 0.3 is 0 Å². The van der Waals surface area contributed by atoms with E-state index < -0.39 is 10.8 Å². The van der Waals surface area contributed by atoms with Gasteiger partial charge in [0.15, 0.2) is 0 Å². The maximum absolute atomic E-state index is 10.8. The van der Waals surface area contributed by atoms with Crippen LogP contribution in [-0.2, 0) is 10.8 Å². The molecule has 9 heavy (non-hydrogen) atoms. The Morgan fingerprint density at radius 3 is 2.44 bits per heavy atom. The molecule has 0 aromatic rings. The number of aliphatic hydroxyl groups excluding tert-OH is 1. The van der Waals surface area contributed by atoms with Crippen LogP contribution in [-0.4, -0.2) is 26.9 Å². The van der Waals surface area contributed by atoms with Gasteiger partial charge in [-0.05, 0) is 19.3 Å². The second-order valence-electron chi connectivity index (χ2n) is 2.59. The highest BCUT2D eigenvalue weighted by Crippen LogP contribution is 2.22. The average Bonchev–Trinajstić information content (AvgIpc) is 2.14. The van der Waals surface area contributed by atoms with E-state index in [1.165, 1.54) is 0 Å². The number of aliphatic hydroxyl groups is 1. The Bertz CT molecular complexity index is 124. The summed E-state index contributed by atoms with van der Waals surface area (Å²) >= 11 is 0. The molecular weight excluding hydrogens is 136 g/mol. The Morgan fingerprint density at radius 1 is 1.56 bits per heavy atom. The minimum absolute atomic E-state index is 0.182. The summed E-state index contributed by atoms with van der Waals surface area (Å²) in [6.07, 6.45) is 4.04. The van der Waals surface area contributed by atoms with E-state index in [9.17, 15) is 4.21 Å². The summed E-state index contributed by atoms with van der Waals surface area (Å²) in [5.41, 5.74) is 0. The van der Waals surface area contributed by atoms with Crippen molar-refractivity contribution in [2.24, 2.45) is 0 Å². The Balaban J connectivity index is 2.39. The van der Waals surface area contributed by atoms with E-state index in [4.69, 9.17) is 5.11 Å². The van der Waals surface area contributed by atoms with Crippen molar-refractivity contribution in [3.63, 3.8) is 0 Å². The summed E-state index contributed by atoms with van der Waals surface area (Å²) in [5, 5.41) is 9.28. The van der Waals surface area contributed by atoms with Crippen LogP contribution >= 0.6 is 0 Å². The highest BCUT2D eigenvalue weighted by Gasteiger charge is 2.24. The first-order chi connectivity index (χ1) is 4.20. The van der Waals surface area contributed by atoms with Crippen molar-refractivity contribution >= 4 is 10.8 Å². The average molecular weight is 148 g/mol. The first kappa shape index (κ1) is 7.22. The van der Waals surface area contributed by atoms with Crippen molar-refractivity contribution in [3.8, 4) is 0 Å². The van der Waals surface area contributed by atoms with Crippen LogP contribution < -0.4 is 0 Å². The quantitative estimate of drug-likeness (QED) is 0.580. The van der Waals surface area contributed by atoms with E-state index in [0.29, 0.717) is 0 Å². The van der Waals surface area contributed by atoms with Crippen LogP contribution in [0.1, 0.15) is 19.3 Å². The lowest BCUT2D eigenvalue weighted by molar-refractivity contribution is 0.183. The van der Waals surface area contributed by atoms with Crippen molar-refractivity contribution in [2.45, 2.75) is 30.6 Å². The van der Waals surface area contributed by atoms with Gasteiger partial charge in [0.25, 0.3) is 0 Å². The van der Waals surface area contributed by atoms with Gasteiger partial charge < -0.3 is 5.11 Å². The van der Waals surface area contributed by atoms with Crippen molar-refractivity contribution in [1.29, 1.82) is 0 Å². The van der Waals surface area contributed by atoms with Gasteiger partial charge in [-0.25, -0.2) is 0 Å². The molecule has 2 nitrogen and oxygen atoms in total. The molecule has 0 aromatic carbocycles. The standard InChI is InChI=1S/C6H12O2S/c1-9(8)6-3-2-5(7)4-6/h5-7H,2-4H2,1H3. The second kappa shape index (κ2) is 2.80. The summed E-state index contributed by atoms with van der Waals surface area (Å²) in [5.74, 6) is 0. The molecule has 54 valence electrons. The topological polar surface area (TPSA) is 37.3 Å². The number of hydrogen-bond acceptors (Lipinski definition) is 2. The minimum Gasteiger partial charge on any atom is -0.393 e. The van der Waals surface area contributed by atoms with Gasteiger partial charge in [0.1, 0.15) is 0 Å². The lowest BCUT2D eigenvalue weighted by atomic mass is 10.3. The highest BCUT2D eigenvalue weighted by molar-refractivity contribution is 7.84. The Labute approximate surface area is 57.7 Å². The summed E-state index contributed by atoms with van der Waals surface area (Å²) in [6, 6.07) is 0. The normalized spacial score (nSPS) is 38.9. The molecule has 3 atom stereocenters. The van der Waals surface area contributed by atoms with Crippen LogP contribution in [0.3, 0.4) is 0 Å². The largest absolute Gasteiger partial charge is 0.393 e. The van der Waals surface area contributed by atoms with Gasteiger partial charge in [-0.2, -0.15) is 0 Å². The third kappa shape index (κ3) is 1.76. The molecule has 1 aliphatic carbocycles. The summed E-state index contributed by atoms with van der Waals surface area (Å²) in [6.45, 7) is 0. The van der Waals surface area contributed by atoms with Gasteiger partial charge in [0.2, 0.25) is 0 Å². The monoisotopic (exact) mass is 148 g/mol. The molecule has 1 fully saturated rings. The predicted octanol–water partition coefficient (Wildman–Crippen LogP) is 0.278. The summed E-state index contributed by atoms with van der Waals surface area (Å²) in [4.78, 5) is 0. The Hall–Kier alpha value is 0.110. The molecule has 0 bridgehead atoms. The van der Waals surface area contributed by atoms with Crippen molar-refractivity contribution in [3.05, 3.63) is 0 Å². The van der Waals surface area contributed by atoms with Crippen molar-refractivity contribution < 1.29 is 9.32 Å². The molecule has 1 aliphatic rings. The molecule has 0 amide bonds. The fraction of sp³-hybridized carbons (Fsp3) is 1.00. The van der Waals surface area contributed by atoms with Crippen molar-refractivity contribution in [1.82, 2.24) is 0 Å². The zero-order chi connectivity index (χ0) is 6.85. The fourth-order valence-electron chi connectivity index (χ4n) is 1.22.